The molecule has 19 heavy (non-hydrogen) atoms. The fourth-order valence-corrected chi connectivity index (χ4v) is 5.31. The van der Waals surface area contributed by atoms with Gasteiger partial charge < -0.3 is 5.32 Å². The SMILES string of the molecule is CCNC(C)C1CCCN(S(=O)(=O)c2cccs2)C1. The van der Waals surface area contributed by atoms with Gasteiger partial charge in [-0.3, -0.25) is 0 Å². The average Bonchev–Trinajstić information content (AvgIpc) is 2.94. The highest BCUT2D eigenvalue weighted by molar-refractivity contribution is 7.91. The maximum Gasteiger partial charge on any atom is 0.252 e. The molecule has 1 saturated heterocycles. The van der Waals surface area contributed by atoms with Crippen LogP contribution in [-0.4, -0.2) is 38.4 Å². The molecule has 1 aromatic heterocycles. The van der Waals surface area contributed by atoms with E-state index in [2.05, 4.69) is 19.2 Å². The fourth-order valence-electron chi connectivity index (χ4n) is 2.63. The third-order valence-electron chi connectivity index (χ3n) is 3.74. The van der Waals surface area contributed by atoms with Crippen LogP contribution in [0.15, 0.2) is 21.7 Å². The number of hydrogen-bond acceptors (Lipinski definition) is 4. The summed E-state index contributed by atoms with van der Waals surface area (Å²) < 4.78 is 27.1. The van der Waals surface area contributed by atoms with Crippen molar-refractivity contribution >= 4 is 21.4 Å². The lowest BCUT2D eigenvalue weighted by atomic mass is 9.93. The van der Waals surface area contributed by atoms with Crippen LogP contribution in [-0.2, 0) is 10.0 Å². The van der Waals surface area contributed by atoms with Gasteiger partial charge in [-0.1, -0.05) is 13.0 Å². The van der Waals surface area contributed by atoms with E-state index in [1.807, 2.05) is 5.38 Å². The Kier molecular flexibility index (Phi) is 5.00. The second kappa shape index (κ2) is 6.35. The predicted octanol–water partition coefficient (Wildman–Crippen LogP) is 2.15. The van der Waals surface area contributed by atoms with Crippen LogP contribution in [0, 0.1) is 5.92 Å². The van der Waals surface area contributed by atoms with Crippen molar-refractivity contribution in [2.75, 3.05) is 19.6 Å². The van der Waals surface area contributed by atoms with E-state index in [1.54, 1.807) is 16.4 Å². The maximum atomic E-state index is 12.5. The molecule has 0 aliphatic carbocycles. The van der Waals surface area contributed by atoms with Gasteiger partial charge in [-0.25, -0.2) is 8.42 Å². The Balaban J connectivity index is 2.09. The van der Waals surface area contributed by atoms with Crippen molar-refractivity contribution in [3.05, 3.63) is 17.5 Å². The Labute approximate surface area is 119 Å². The van der Waals surface area contributed by atoms with Gasteiger partial charge in [0, 0.05) is 19.1 Å². The van der Waals surface area contributed by atoms with Crippen molar-refractivity contribution in [3.8, 4) is 0 Å². The normalized spacial score (nSPS) is 23.4. The number of nitrogens with one attached hydrogen (secondary N) is 1. The van der Waals surface area contributed by atoms with Gasteiger partial charge in [0.2, 0.25) is 0 Å². The molecule has 1 aromatic rings. The minimum Gasteiger partial charge on any atom is -0.314 e. The third-order valence-corrected chi connectivity index (χ3v) is 6.98. The molecule has 1 fully saturated rings. The molecule has 1 aliphatic heterocycles. The van der Waals surface area contributed by atoms with E-state index < -0.39 is 10.0 Å². The van der Waals surface area contributed by atoms with Gasteiger partial charge >= 0.3 is 0 Å². The minimum absolute atomic E-state index is 0.367. The molecule has 108 valence electrons. The van der Waals surface area contributed by atoms with Crippen LogP contribution in [0.2, 0.25) is 0 Å². The van der Waals surface area contributed by atoms with Crippen LogP contribution >= 0.6 is 11.3 Å². The molecule has 0 radical (unpaired) electrons. The summed E-state index contributed by atoms with van der Waals surface area (Å²) in [6, 6.07) is 3.85. The first-order valence-corrected chi connectivity index (χ1v) is 9.14. The summed E-state index contributed by atoms with van der Waals surface area (Å²) in [7, 11) is -3.28. The molecule has 0 aromatic carbocycles. The van der Waals surface area contributed by atoms with Gasteiger partial charge in [-0.2, -0.15) is 4.31 Å². The first-order valence-electron chi connectivity index (χ1n) is 6.82. The summed E-state index contributed by atoms with van der Waals surface area (Å²) in [6.45, 7) is 6.44. The third kappa shape index (κ3) is 3.37. The van der Waals surface area contributed by atoms with Crippen molar-refractivity contribution in [3.63, 3.8) is 0 Å². The minimum atomic E-state index is -3.28. The fraction of sp³-hybridized carbons (Fsp3) is 0.692. The molecule has 6 heteroatoms. The van der Waals surface area contributed by atoms with Crippen molar-refractivity contribution < 1.29 is 8.42 Å². The second-order valence-corrected chi connectivity index (χ2v) is 8.16. The molecule has 0 spiro atoms. The monoisotopic (exact) mass is 302 g/mol. The standard InChI is InChI=1S/C13H22N2O2S2/c1-3-14-11(2)12-6-4-8-15(10-12)19(16,17)13-7-5-9-18-13/h5,7,9,11-12,14H,3-4,6,8,10H2,1-2H3. The topological polar surface area (TPSA) is 49.4 Å². The molecule has 4 nitrogen and oxygen atoms in total. The van der Waals surface area contributed by atoms with E-state index in [4.69, 9.17) is 0 Å². The molecule has 0 bridgehead atoms. The summed E-state index contributed by atoms with van der Waals surface area (Å²) in [5.41, 5.74) is 0. The van der Waals surface area contributed by atoms with Crippen molar-refractivity contribution in [1.29, 1.82) is 0 Å². The Morgan fingerprint density at radius 2 is 2.37 bits per heavy atom. The van der Waals surface area contributed by atoms with E-state index in [0.717, 1.165) is 19.4 Å². The molecular formula is C13H22N2O2S2. The van der Waals surface area contributed by atoms with Crippen molar-refractivity contribution in [1.82, 2.24) is 9.62 Å². The van der Waals surface area contributed by atoms with Crippen LogP contribution in [0.4, 0.5) is 0 Å². The summed E-state index contributed by atoms with van der Waals surface area (Å²) in [6.07, 6.45) is 2.05. The number of thiophene rings is 1. The highest BCUT2D eigenvalue weighted by Crippen LogP contribution is 2.27. The molecular weight excluding hydrogens is 280 g/mol. The molecule has 2 unspecified atom stereocenters. The van der Waals surface area contributed by atoms with E-state index >= 15 is 0 Å². The summed E-state index contributed by atoms with van der Waals surface area (Å²) in [4.78, 5) is 0. The zero-order valence-electron chi connectivity index (χ0n) is 11.5. The second-order valence-electron chi connectivity index (χ2n) is 5.04. The summed E-state index contributed by atoms with van der Waals surface area (Å²) in [5, 5.41) is 5.22. The van der Waals surface area contributed by atoms with Crippen molar-refractivity contribution in [2.24, 2.45) is 5.92 Å². The van der Waals surface area contributed by atoms with Gasteiger partial charge in [-0.15, -0.1) is 11.3 Å². The lowest BCUT2D eigenvalue weighted by Gasteiger charge is -2.35. The molecule has 2 heterocycles. The molecule has 2 rings (SSSR count). The average molecular weight is 302 g/mol. The zero-order chi connectivity index (χ0) is 13.9. The van der Waals surface area contributed by atoms with Crippen LogP contribution in [0.3, 0.4) is 0 Å². The summed E-state index contributed by atoms with van der Waals surface area (Å²) in [5.74, 6) is 0.406. The van der Waals surface area contributed by atoms with Crippen LogP contribution in [0.5, 0.6) is 0 Å². The molecule has 2 atom stereocenters. The Morgan fingerprint density at radius 1 is 1.58 bits per heavy atom. The van der Waals surface area contributed by atoms with Crippen LogP contribution < -0.4 is 5.32 Å². The molecule has 0 saturated carbocycles. The van der Waals surface area contributed by atoms with Gasteiger partial charge in [0.25, 0.3) is 10.0 Å². The Bertz CT molecular complexity index is 485. The quantitative estimate of drug-likeness (QED) is 0.906. The van der Waals surface area contributed by atoms with E-state index in [1.165, 1.54) is 11.3 Å². The van der Waals surface area contributed by atoms with Gasteiger partial charge in [0.1, 0.15) is 4.21 Å². The van der Waals surface area contributed by atoms with E-state index in [9.17, 15) is 8.42 Å². The van der Waals surface area contributed by atoms with Crippen LogP contribution in [0.25, 0.3) is 0 Å². The summed E-state index contributed by atoms with van der Waals surface area (Å²) >= 11 is 1.30. The Hall–Kier alpha value is -0.430. The lowest BCUT2D eigenvalue weighted by Crippen LogP contribution is -2.46. The van der Waals surface area contributed by atoms with Gasteiger partial charge in [0.05, 0.1) is 0 Å². The number of nitrogens with zero attached hydrogens (tertiary/aromatic N) is 1. The molecule has 1 aliphatic rings. The van der Waals surface area contributed by atoms with Crippen LogP contribution in [0.1, 0.15) is 26.7 Å². The van der Waals surface area contributed by atoms with Gasteiger partial charge in [-0.05, 0) is 43.7 Å². The van der Waals surface area contributed by atoms with E-state index in [-0.39, 0.29) is 0 Å². The Morgan fingerprint density at radius 3 is 3.00 bits per heavy atom. The number of hydrogen-bond donors (Lipinski definition) is 1. The number of piperidine rings is 1. The van der Waals surface area contributed by atoms with E-state index in [0.29, 0.717) is 29.3 Å². The molecule has 1 N–H and O–H groups in total. The largest absolute Gasteiger partial charge is 0.314 e. The highest BCUT2D eigenvalue weighted by Gasteiger charge is 2.32. The maximum absolute atomic E-state index is 12.5. The number of rotatable bonds is 5. The zero-order valence-corrected chi connectivity index (χ0v) is 13.1. The smallest absolute Gasteiger partial charge is 0.252 e. The first-order chi connectivity index (χ1) is 9.05. The first kappa shape index (κ1) is 15.0. The predicted molar refractivity (Wildman–Crippen MR) is 78.9 cm³/mol. The molecule has 0 amide bonds. The number of sulfonamides is 1. The lowest BCUT2D eigenvalue weighted by molar-refractivity contribution is 0.225. The van der Waals surface area contributed by atoms with Gasteiger partial charge in [0.15, 0.2) is 0 Å². The van der Waals surface area contributed by atoms with Crippen molar-refractivity contribution in [2.45, 2.75) is 36.9 Å². The highest BCUT2D eigenvalue weighted by atomic mass is 32.2.